The minimum atomic E-state index is -0.451. The Morgan fingerprint density at radius 3 is 2.60 bits per heavy atom. The molecule has 0 spiro atoms. The number of hydrazone groups is 1. The average Bonchev–Trinajstić information content (AvgIpc) is 3.39. The van der Waals surface area contributed by atoms with E-state index in [1.165, 1.54) is 17.6 Å². The van der Waals surface area contributed by atoms with Gasteiger partial charge in [-0.05, 0) is 53.4 Å². The highest BCUT2D eigenvalue weighted by Gasteiger charge is 2.14. The van der Waals surface area contributed by atoms with E-state index in [9.17, 15) is 9.59 Å². The number of benzene rings is 3. The predicted molar refractivity (Wildman–Crippen MR) is 141 cm³/mol. The summed E-state index contributed by atoms with van der Waals surface area (Å²) in [5, 5.41) is 9.72. The van der Waals surface area contributed by atoms with Crippen molar-refractivity contribution in [2.75, 3.05) is 5.32 Å². The van der Waals surface area contributed by atoms with Gasteiger partial charge in [-0.15, -0.1) is 11.3 Å². The number of halogens is 2. The minimum Gasteiger partial charge on any atom is -0.489 e. The second kappa shape index (κ2) is 11.7. The molecule has 0 radical (unpaired) electrons. The van der Waals surface area contributed by atoms with Crippen molar-refractivity contribution in [2.24, 2.45) is 5.10 Å². The number of rotatable bonds is 8. The standard InChI is InChI=1S/C26H19Cl2N3O3S/c27-19-11-10-18(22(28)14-19)16-34-20-6-3-5-17(13-20)15-29-31-25(32)21-7-1-2-8-23(21)30-26(33)24-9-4-12-35-24/h1-15H,16H2,(H,30,33)(H,31,32)/b29-15-. The Kier molecular flexibility index (Phi) is 8.15. The summed E-state index contributed by atoms with van der Waals surface area (Å²) in [4.78, 5) is 25.6. The topological polar surface area (TPSA) is 79.8 Å². The third-order valence-electron chi connectivity index (χ3n) is 4.81. The van der Waals surface area contributed by atoms with Gasteiger partial charge in [0.25, 0.3) is 11.8 Å². The van der Waals surface area contributed by atoms with Crippen LogP contribution >= 0.6 is 34.5 Å². The fourth-order valence-electron chi connectivity index (χ4n) is 3.09. The first kappa shape index (κ1) is 24.5. The fourth-order valence-corrected chi connectivity index (χ4v) is 4.17. The number of hydrogen-bond acceptors (Lipinski definition) is 5. The lowest BCUT2D eigenvalue weighted by Gasteiger charge is -2.09. The molecule has 4 aromatic rings. The van der Waals surface area contributed by atoms with Crippen LogP contribution in [0.4, 0.5) is 5.69 Å². The molecule has 0 fully saturated rings. The van der Waals surface area contributed by atoms with Gasteiger partial charge >= 0.3 is 0 Å². The van der Waals surface area contributed by atoms with Crippen LogP contribution in [0.25, 0.3) is 0 Å². The third kappa shape index (κ3) is 6.70. The van der Waals surface area contributed by atoms with Crippen molar-refractivity contribution in [3.05, 3.63) is 116 Å². The van der Waals surface area contributed by atoms with Crippen molar-refractivity contribution in [2.45, 2.75) is 6.61 Å². The Hall–Kier alpha value is -3.65. The first-order chi connectivity index (χ1) is 17.0. The number of nitrogens with one attached hydrogen (secondary N) is 2. The SMILES string of the molecule is O=C(Nc1ccccc1C(=O)N/N=C\c1cccc(OCc2ccc(Cl)cc2Cl)c1)c1cccs1. The second-order valence-corrected chi connectivity index (χ2v) is 9.06. The number of thiophene rings is 1. The van der Waals surface area contributed by atoms with E-state index < -0.39 is 5.91 Å². The van der Waals surface area contributed by atoms with Crippen LogP contribution in [-0.4, -0.2) is 18.0 Å². The van der Waals surface area contributed by atoms with Crippen molar-refractivity contribution in [3.63, 3.8) is 0 Å². The molecular weight excluding hydrogens is 505 g/mol. The van der Waals surface area contributed by atoms with E-state index in [-0.39, 0.29) is 12.5 Å². The number of carbonyl (C=O) groups excluding carboxylic acids is 2. The van der Waals surface area contributed by atoms with Crippen LogP contribution < -0.4 is 15.5 Å². The van der Waals surface area contributed by atoms with E-state index in [0.717, 1.165) is 11.1 Å². The molecule has 35 heavy (non-hydrogen) atoms. The molecule has 1 heterocycles. The molecular formula is C26H19Cl2N3O3S. The quantitative estimate of drug-likeness (QED) is 0.200. The average molecular weight is 524 g/mol. The number of para-hydroxylation sites is 1. The van der Waals surface area contributed by atoms with E-state index in [1.807, 2.05) is 29.6 Å². The molecule has 4 rings (SSSR count). The van der Waals surface area contributed by atoms with Gasteiger partial charge in [-0.25, -0.2) is 5.43 Å². The van der Waals surface area contributed by atoms with Gasteiger partial charge in [-0.2, -0.15) is 5.10 Å². The highest BCUT2D eigenvalue weighted by Crippen LogP contribution is 2.23. The Morgan fingerprint density at radius 2 is 1.80 bits per heavy atom. The molecule has 2 amide bonds. The van der Waals surface area contributed by atoms with Crippen molar-refractivity contribution >= 4 is 58.3 Å². The largest absolute Gasteiger partial charge is 0.489 e. The summed E-state index contributed by atoms with van der Waals surface area (Å²) < 4.78 is 5.82. The van der Waals surface area contributed by atoms with Gasteiger partial charge in [0.2, 0.25) is 0 Å². The van der Waals surface area contributed by atoms with E-state index in [0.29, 0.717) is 31.9 Å². The van der Waals surface area contributed by atoms with E-state index >= 15 is 0 Å². The summed E-state index contributed by atoms with van der Waals surface area (Å²) in [5.74, 6) is -0.110. The third-order valence-corrected chi connectivity index (χ3v) is 6.27. The van der Waals surface area contributed by atoms with Crippen LogP contribution in [-0.2, 0) is 6.61 Å². The molecule has 1 aromatic heterocycles. The Balaban J connectivity index is 1.37. The van der Waals surface area contributed by atoms with Crippen LogP contribution in [0, 0.1) is 0 Å². The molecule has 0 bridgehead atoms. The Labute approximate surface area is 216 Å². The number of carbonyl (C=O) groups is 2. The first-order valence-corrected chi connectivity index (χ1v) is 12.1. The maximum Gasteiger partial charge on any atom is 0.273 e. The van der Waals surface area contributed by atoms with E-state index in [2.05, 4.69) is 15.8 Å². The lowest BCUT2D eigenvalue weighted by Crippen LogP contribution is -2.21. The molecule has 9 heteroatoms. The normalized spacial score (nSPS) is 10.8. The smallest absolute Gasteiger partial charge is 0.273 e. The van der Waals surface area contributed by atoms with Crippen LogP contribution in [0.1, 0.15) is 31.2 Å². The minimum absolute atomic E-state index is 0.277. The van der Waals surface area contributed by atoms with Gasteiger partial charge in [0, 0.05) is 15.6 Å². The zero-order chi connectivity index (χ0) is 24.6. The number of nitrogens with zero attached hydrogens (tertiary/aromatic N) is 1. The van der Waals surface area contributed by atoms with Crippen LogP contribution in [0.2, 0.25) is 10.0 Å². The zero-order valence-corrected chi connectivity index (χ0v) is 20.5. The molecule has 0 saturated heterocycles. The van der Waals surface area contributed by atoms with Gasteiger partial charge < -0.3 is 10.1 Å². The number of amides is 2. The number of anilines is 1. The molecule has 6 nitrogen and oxygen atoms in total. The summed E-state index contributed by atoms with van der Waals surface area (Å²) in [6, 6.07) is 22.7. The first-order valence-electron chi connectivity index (χ1n) is 10.4. The second-order valence-electron chi connectivity index (χ2n) is 7.27. The summed E-state index contributed by atoms with van der Waals surface area (Å²) in [6.45, 7) is 0.279. The van der Waals surface area contributed by atoms with Gasteiger partial charge in [-0.3, -0.25) is 9.59 Å². The summed E-state index contributed by atoms with van der Waals surface area (Å²) in [6.07, 6.45) is 1.51. The molecule has 2 N–H and O–H groups in total. The van der Waals surface area contributed by atoms with Crippen LogP contribution in [0.15, 0.2) is 89.3 Å². The van der Waals surface area contributed by atoms with Crippen molar-refractivity contribution < 1.29 is 14.3 Å². The van der Waals surface area contributed by atoms with Crippen molar-refractivity contribution in [3.8, 4) is 5.75 Å². The van der Waals surface area contributed by atoms with Crippen molar-refractivity contribution in [1.82, 2.24) is 5.43 Å². The zero-order valence-electron chi connectivity index (χ0n) is 18.2. The molecule has 3 aromatic carbocycles. The van der Waals surface area contributed by atoms with Gasteiger partial charge in [0.05, 0.1) is 22.3 Å². The van der Waals surface area contributed by atoms with Crippen LogP contribution in [0.3, 0.4) is 0 Å². The van der Waals surface area contributed by atoms with Crippen molar-refractivity contribution in [1.29, 1.82) is 0 Å². The molecule has 0 saturated carbocycles. The lowest BCUT2D eigenvalue weighted by atomic mass is 10.1. The summed E-state index contributed by atoms with van der Waals surface area (Å²) >= 11 is 13.4. The Morgan fingerprint density at radius 1 is 0.943 bits per heavy atom. The molecule has 0 aliphatic rings. The summed E-state index contributed by atoms with van der Waals surface area (Å²) in [7, 11) is 0. The van der Waals surface area contributed by atoms with E-state index in [4.69, 9.17) is 27.9 Å². The monoisotopic (exact) mass is 523 g/mol. The molecule has 176 valence electrons. The van der Waals surface area contributed by atoms with Gasteiger partial charge in [-0.1, -0.05) is 59.6 Å². The highest BCUT2D eigenvalue weighted by molar-refractivity contribution is 7.12. The predicted octanol–water partition coefficient (Wildman–Crippen LogP) is 6.65. The lowest BCUT2D eigenvalue weighted by molar-refractivity contribution is 0.0956. The van der Waals surface area contributed by atoms with E-state index in [1.54, 1.807) is 54.6 Å². The summed E-state index contributed by atoms with van der Waals surface area (Å²) in [5.41, 5.74) is 4.73. The van der Waals surface area contributed by atoms with Gasteiger partial charge in [0.1, 0.15) is 12.4 Å². The fraction of sp³-hybridized carbons (Fsp3) is 0.0385. The maximum absolute atomic E-state index is 12.7. The molecule has 0 aliphatic heterocycles. The molecule has 0 atom stereocenters. The van der Waals surface area contributed by atoms with Crippen LogP contribution in [0.5, 0.6) is 5.75 Å². The number of ether oxygens (including phenoxy) is 1. The number of hydrogen-bond donors (Lipinski definition) is 2. The maximum atomic E-state index is 12.7. The Bertz CT molecular complexity index is 1370. The molecule has 0 unspecified atom stereocenters. The highest BCUT2D eigenvalue weighted by atomic mass is 35.5. The molecule has 0 aliphatic carbocycles. The van der Waals surface area contributed by atoms with Gasteiger partial charge in [0.15, 0.2) is 0 Å².